The van der Waals surface area contributed by atoms with E-state index in [2.05, 4.69) is 31.6 Å². The summed E-state index contributed by atoms with van der Waals surface area (Å²) in [7, 11) is 0. The summed E-state index contributed by atoms with van der Waals surface area (Å²) < 4.78 is 4.94. The molecule has 10 heavy (non-hydrogen) atoms. The van der Waals surface area contributed by atoms with Gasteiger partial charge in [-0.1, -0.05) is 0 Å². The summed E-state index contributed by atoms with van der Waals surface area (Å²) in [6.07, 6.45) is 2.56. The monoisotopic (exact) mass is 136 g/mol. The normalized spacial score (nSPS) is 16.9. The van der Waals surface area contributed by atoms with Crippen molar-refractivity contribution < 1.29 is 4.74 Å². The van der Waals surface area contributed by atoms with Crippen molar-refractivity contribution in [2.75, 3.05) is 13.2 Å². The molecule has 1 nitrogen and oxygen atoms in total. The van der Waals surface area contributed by atoms with Crippen LogP contribution in [0.1, 0.15) is 26.7 Å². The van der Waals surface area contributed by atoms with Crippen LogP contribution in [0.3, 0.4) is 0 Å². The van der Waals surface area contributed by atoms with E-state index >= 15 is 0 Å². The molecule has 0 N–H and O–H groups in total. The predicted molar refractivity (Wildman–Crippen MR) is 45.5 cm³/mol. The maximum atomic E-state index is 4.94. The Morgan fingerprint density at radius 2 is 1.70 bits per heavy atom. The van der Waals surface area contributed by atoms with E-state index in [0.29, 0.717) is 0 Å². The van der Waals surface area contributed by atoms with E-state index in [9.17, 15) is 0 Å². The summed E-state index contributed by atoms with van der Waals surface area (Å²) in [4.78, 5) is 0. The Kier molecular flexibility index (Phi) is 8.09. The molecule has 0 radical (unpaired) electrons. The zero-order valence-electron chi connectivity index (χ0n) is 7.52. The third-order valence-corrected chi connectivity index (χ3v) is 1.64. The number of hydrogen-bond donors (Lipinski definition) is 0. The molecule has 2 heteroatoms. The third kappa shape index (κ3) is 8.56. The quantitative estimate of drug-likeness (QED) is 0.501. The summed E-state index contributed by atoms with van der Waals surface area (Å²) in [6.45, 7) is 6.44. The molecule has 0 bridgehead atoms. The van der Waals surface area contributed by atoms with E-state index in [-0.39, 0.29) is 0 Å². The van der Waals surface area contributed by atoms with Crippen LogP contribution in [0.4, 0.5) is 0 Å². The van der Waals surface area contributed by atoms with E-state index in [1.807, 2.05) is 0 Å². The molecule has 0 aromatic heterocycles. The zero-order chi connectivity index (χ0) is 7.82. The molecule has 0 aromatic carbocycles. The van der Waals surface area contributed by atoms with Gasteiger partial charge in [-0.2, -0.15) is 0 Å². The molecular weight excluding hydrogens is 119 g/mol. The predicted octanol–water partition coefficient (Wildman–Crippen LogP) is 2.03. The molecule has 0 amide bonds. The van der Waals surface area contributed by atoms with Gasteiger partial charge in [0.2, 0.25) is 0 Å². The van der Waals surface area contributed by atoms with Crippen LogP contribution in [-0.4, -0.2) is 30.9 Å². The molecule has 1 rings (SSSR count). The first-order valence-electron chi connectivity index (χ1n) is 4.35. The van der Waals surface area contributed by atoms with Crippen LogP contribution in [0.15, 0.2) is 0 Å². The van der Waals surface area contributed by atoms with Crippen molar-refractivity contribution in [2.45, 2.75) is 31.8 Å². The van der Waals surface area contributed by atoms with Crippen LogP contribution in [0.5, 0.6) is 0 Å². The van der Waals surface area contributed by atoms with Crippen molar-refractivity contribution >= 4 is 17.7 Å². The van der Waals surface area contributed by atoms with Crippen molar-refractivity contribution in [3.63, 3.8) is 0 Å². The minimum atomic E-state index is 0.884. The second-order valence-electron chi connectivity index (χ2n) is 3.12. The number of hydrogen-bond acceptors (Lipinski definition) is 1. The average molecular weight is 136 g/mol. The fourth-order valence-corrected chi connectivity index (χ4v) is 0.510. The molecule has 56 valence electrons. The first-order valence-corrected chi connectivity index (χ1v) is 4.35. The van der Waals surface area contributed by atoms with Crippen LogP contribution in [-0.2, 0) is 4.74 Å². The third-order valence-electron chi connectivity index (χ3n) is 1.64. The van der Waals surface area contributed by atoms with Gasteiger partial charge in [-0.15, -0.1) is 0 Å². The van der Waals surface area contributed by atoms with Crippen molar-refractivity contribution in [3.8, 4) is 0 Å². The van der Waals surface area contributed by atoms with E-state index in [1.54, 1.807) is 0 Å². The summed E-state index contributed by atoms with van der Waals surface area (Å²) in [6, 6.07) is 0. The molecule has 1 fully saturated rings. The van der Waals surface area contributed by atoms with Crippen molar-refractivity contribution in [1.29, 1.82) is 0 Å². The van der Waals surface area contributed by atoms with Crippen molar-refractivity contribution in [2.24, 2.45) is 5.92 Å². The summed E-state index contributed by atoms with van der Waals surface area (Å²) in [5.41, 5.74) is 0. The standard InChI is InChI=1S/C4H8O.C4H9.Li/c1-2-4-5-3-1;1-4(2)3;/h1-4H2;4H,1H2,2-3H3;. The second kappa shape index (κ2) is 7.66. The topological polar surface area (TPSA) is 9.23 Å². The molecule has 0 aromatic rings. The Hall–Kier alpha value is 0.557. The Morgan fingerprint density at radius 3 is 1.80 bits per heavy atom. The molecule has 0 aliphatic carbocycles. The average Bonchev–Trinajstić information content (AvgIpc) is 2.43. The summed E-state index contributed by atoms with van der Waals surface area (Å²) in [5, 5.41) is 1.31. The zero-order valence-corrected chi connectivity index (χ0v) is 7.52. The van der Waals surface area contributed by atoms with Gasteiger partial charge in [0.15, 0.2) is 0 Å². The molecule has 0 unspecified atom stereocenters. The van der Waals surface area contributed by atoms with Crippen LogP contribution in [0.2, 0.25) is 5.09 Å². The van der Waals surface area contributed by atoms with Gasteiger partial charge < -0.3 is 4.74 Å². The Morgan fingerprint density at radius 1 is 1.30 bits per heavy atom. The molecule has 1 saturated heterocycles. The van der Waals surface area contributed by atoms with E-state index < -0.39 is 0 Å². The maximum absolute atomic E-state index is 4.94. The minimum absolute atomic E-state index is 0.884. The molecule has 0 atom stereocenters. The molecular formula is C8H17LiO. The van der Waals surface area contributed by atoms with Gasteiger partial charge in [-0.05, 0) is 12.8 Å². The van der Waals surface area contributed by atoms with E-state index in [1.165, 1.54) is 17.9 Å². The van der Waals surface area contributed by atoms with Gasteiger partial charge in [0, 0.05) is 13.2 Å². The van der Waals surface area contributed by atoms with Gasteiger partial charge >= 0.3 is 42.6 Å². The fraction of sp³-hybridized carbons (Fsp3) is 1.00. The van der Waals surface area contributed by atoms with Gasteiger partial charge in [-0.3, -0.25) is 0 Å². The number of rotatable bonds is 1. The Bertz CT molecular complexity index is 52.7. The van der Waals surface area contributed by atoms with Crippen molar-refractivity contribution in [3.05, 3.63) is 0 Å². The van der Waals surface area contributed by atoms with Gasteiger partial charge in [0.25, 0.3) is 0 Å². The molecule has 1 heterocycles. The Balaban J connectivity index is 0.000000162. The van der Waals surface area contributed by atoms with E-state index in [4.69, 9.17) is 4.74 Å². The first kappa shape index (κ1) is 10.6. The van der Waals surface area contributed by atoms with Crippen LogP contribution < -0.4 is 0 Å². The summed E-state index contributed by atoms with van der Waals surface area (Å²) >= 11 is 2.20. The van der Waals surface area contributed by atoms with Crippen LogP contribution in [0.25, 0.3) is 0 Å². The number of ether oxygens (including phenoxy) is 1. The van der Waals surface area contributed by atoms with Crippen molar-refractivity contribution in [1.82, 2.24) is 0 Å². The van der Waals surface area contributed by atoms with Gasteiger partial charge in [0.05, 0.1) is 0 Å². The molecule has 0 spiro atoms. The SMILES string of the molecule is C1CCOC1.[Li][CH2]C(C)C. The molecule has 1 aliphatic rings. The first-order chi connectivity index (χ1) is 4.77. The fourth-order valence-electron chi connectivity index (χ4n) is 0.510. The second-order valence-corrected chi connectivity index (χ2v) is 3.12. The van der Waals surface area contributed by atoms with E-state index in [0.717, 1.165) is 19.1 Å². The summed E-state index contributed by atoms with van der Waals surface area (Å²) in [5.74, 6) is 0.884. The molecule has 0 saturated carbocycles. The van der Waals surface area contributed by atoms with Gasteiger partial charge in [0.1, 0.15) is 0 Å². The van der Waals surface area contributed by atoms with Gasteiger partial charge in [-0.25, -0.2) is 0 Å². The Labute approximate surface area is 73.7 Å². The van der Waals surface area contributed by atoms with Crippen LogP contribution >= 0.6 is 0 Å². The molecule has 1 aliphatic heterocycles. The van der Waals surface area contributed by atoms with Crippen LogP contribution in [0, 0.1) is 5.92 Å².